The fourth-order valence-electron chi connectivity index (χ4n) is 1.77. The highest BCUT2D eigenvalue weighted by Crippen LogP contribution is 2.08. The molecule has 0 spiro atoms. The van der Waals surface area contributed by atoms with Gasteiger partial charge in [-0.3, -0.25) is 4.79 Å². The molecule has 1 atom stereocenters. The monoisotopic (exact) mass is 245 g/mol. The molecule has 1 amide bonds. The molecule has 0 radical (unpaired) electrons. The van der Waals surface area contributed by atoms with Crippen LogP contribution < -0.4 is 0 Å². The molecule has 5 nitrogen and oxygen atoms in total. The Labute approximate surface area is 103 Å². The topological polar surface area (TPSA) is 48.0 Å². The quantitative estimate of drug-likeness (QED) is 0.685. The zero-order valence-corrected chi connectivity index (χ0v) is 11.0. The predicted molar refractivity (Wildman–Crippen MR) is 63.9 cm³/mol. The van der Waals surface area contributed by atoms with E-state index in [1.54, 1.807) is 12.0 Å². The van der Waals surface area contributed by atoms with Crippen molar-refractivity contribution in [3.63, 3.8) is 0 Å². The minimum absolute atomic E-state index is 0.00968. The van der Waals surface area contributed by atoms with E-state index in [-0.39, 0.29) is 5.91 Å². The number of carbonyl (C=O) groups excluding carboxylic acids is 1. The lowest BCUT2D eigenvalue weighted by molar-refractivity contribution is -0.159. The van der Waals surface area contributed by atoms with Gasteiger partial charge in [0.1, 0.15) is 0 Å². The van der Waals surface area contributed by atoms with Crippen LogP contribution >= 0.6 is 0 Å². The van der Waals surface area contributed by atoms with E-state index in [9.17, 15) is 4.79 Å². The lowest BCUT2D eigenvalue weighted by Crippen LogP contribution is -2.47. The maximum Gasteiger partial charge on any atom is 0.254 e. The Morgan fingerprint density at radius 3 is 2.76 bits per heavy atom. The number of rotatable bonds is 6. The number of ether oxygens (including phenoxy) is 3. The molecule has 0 N–H and O–H groups in total. The van der Waals surface area contributed by atoms with E-state index >= 15 is 0 Å². The fourth-order valence-corrected chi connectivity index (χ4v) is 1.77. The van der Waals surface area contributed by atoms with E-state index in [1.807, 2.05) is 0 Å². The average molecular weight is 245 g/mol. The minimum atomic E-state index is -0.445. The van der Waals surface area contributed by atoms with Crippen LogP contribution in [0.5, 0.6) is 0 Å². The molecule has 1 rings (SSSR count). The first-order chi connectivity index (χ1) is 8.15. The van der Waals surface area contributed by atoms with Gasteiger partial charge in [0.15, 0.2) is 6.10 Å². The molecular formula is C12H23NO4. The second-order valence-electron chi connectivity index (χ2n) is 4.61. The third-order valence-electron chi connectivity index (χ3n) is 2.55. The van der Waals surface area contributed by atoms with E-state index in [0.29, 0.717) is 38.9 Å². The first-order valence-electron chi connectivity index (χ1n) is 6.12. The molecule has 0 aromatic carbocycles. The highest BCUT2D eigenvalue weighted by molar-refractivity contribution is 5.81. The number of nitrogens with zero attached hydrogens (tertiary/aromatic N) is 1. The molecule has 0 aromatic heterocycles. The number of amides is 1. The van der Waals surface area contributed by atoms with Crippen molar-refractivity contribution in [2.75, 3.05) is 46.6 Å². The van der Waals surface area contributed by atoms with Gasteiger partial charge in [-0.15, -0.1) is 0 Å². The summed E-state index contributed by atoms with van der Waals surface area (Å²) in [6.45, 7) is 7.49. The Morgan fingerprint density at radius 2 is 2.24 bits per heavy atom. The largest absolute Gasteiger partial charge is 0.383 e. The maximum absolute atomic E-state index is 12.2. The van der Waals surface area contributed by atoms with E-state index < -0.39 is 6.10 Å². The molecule has 17 heavy (non-hydrogen) atoms. The van der Waals surface area contributed by atoms with Crippen molar-refractivity contribution in [2.45, 2.75) is 20.0 Å². The number of hydrogen-bond donors (Lipinski definition) is 0. The lowest BCUT2D eigenvalue weighted by Gasteiger charge is -2.30. The van der Waals surface area contributed by atoms with Gasteiger partial charge in [-0.1, -0.05) is 13.8 Å². The van der Waals surface area contributed by atoms with Crippen LogP contribution in [0.25, 0.3) is 0 Å². The normalized spacial score (nSPS) is 20.6. The first-order valence-corrected chi connectivity index (χ1v) is 6.12. The van der Waals surface area contributed by atoms with E-state index in [0.717, 1.165) is 6.54 Å². The third-order valence-corrected chi connectivity index (χ3v) is 2.55. The van der Waals surface area contributed by atoms with E-state index in [1.165, 1.54) is 0 Å². The van der Waals surface area contributed by atoms with Gasteiger partial charge in [0.2, 0.25) is 0 Å². The second kappa shape index (κ2) is 7.63. The molecule has 0 saturated carbocycles. The predicted octanol–water partition coefficient (Wildman–Crippen LogP) is 0.533. The van der Waals surface area contributed by atoms with Gasteiger partial charge >= 0.3 is 0 Å². The third kappa shape index (κ3) is 5.02. The standard InChI is InChI=1S/C12H23NO4/c1-10(2)8-13(4-5-15-3)12(14)11-9-16-6-7-17-11/h10-11H,4-9H2,1-3H3. The summed E-state index contributed by atoms with van der Waals surface area (Å²) in [6, 6.07) is 0. The number of carbonyl (C=O) groups is 1. The van der Waals surface area contributed by atoms with Crippen LogP contribution in [0.1, 0.15) is 13.8 Å². The summed E-state index contributed by atoms with van der Waals surface area (Å²) in [5, 5.41) is 0. The molecular weight excluding hydrogens is 222 g/mol. The summed E-state index contributed by atoms with van der Waals surface area (Å²) >= 11 is 0. The van der Waals surface area contributed by atoms with Gasteiger partial charge < -0.3 is 19.1 Å². The summed E-state index contributed by atoms with van der Waals surface area (Å²) in [6.07, 6.45) is -0.445. The minimum Gasteiger partial charge on any atom is -0.383 e. The summed E-state index contributed by atoms with van der Waals surface area (Å²) in [4.78, 5) is 14.0. The Bertz CT molecular complexity index is 227. The molecule has 1 unspecified atom stereocenters. The van der Waals surface area contributed by atoms with Crippen molar-refractivity contribution < 1.29 is 19.0 Å². The van der Waals surface area contributed by atoms with Gasteiger partial charge in [-0.05, 0) is 5.92 Å². The Balaban J connectivity index is 2.50. The van der Waals surface area contributed by atoms with Gasteiger partial charge in [-0.2, -0.15) is 0 Å². The van der Waals surface area contributed by atoms with Gasteiger partial charge in [0.25, 0.3) is 5.91 Å². The first kappa shape index (κ1) is 14.4. The van der Waals surface area contributed by atoms with Crippen molar-refractivity contribution in [3.8, 4) is 0 Å². The van der Waals surface area contributed by atoms with Crippen LogP contribution in [0.3, 0.4) is 0 Å². The highest BCUT2D eigenvalue weighted by atomic mass is 16.6. The van der Waals surface area contributed by atoms with Crippen LogP contribution in [0.2, 0.25) is 0 Å². The maximum atomic E-state index is 12.2. The van der Waals surface area contributed by atoms with Crippen molar-refractivity contribution in [3.05, 3.63) is 0 Å². The van der Waals surface area contributed by atoms with Crippen LogP contribution in [0.4, 0.5) is 0 Å². The Hall–Kier alpha value is -0.650. The Morgan fingerprint density at radius 1 is 1.47 bits per heavy atom. The molecule has 1 saturated heterocycles. The second-order valence-corrected chi connectivity index (χ2v) is 4.61. The summed E-state index contributed by atoms with van der Waals surface area (Å²) in [5.41, 5.74) is 0. The number of hydrogen-bond acceptors (Lipinski definition) is 4. The molecule has 1 aliphatic heterocycles. The molecule has 1 heterocycles. The van der Waals surface area contributed by atoms with Crippen LogP contribution in [0.15, 0.2) is 0 Å². The zero-order valence-electron chi connectivity index (χ0n) is 11.0. The van der Waals surface area contributed by atoms with Crippen LogP contribution in [-0.4, -0.2) is 63.5 Å². The summed E-state index contributed by atoms with van der Waals surface area (Å²) < 4.78 is 15.7. The molecule has 1 aliphatic rings. The molecule has 0 aliphatic carbocycles. The molecule has 5 heteroatoms. The molecule has 1 fully saturated rings. The smallest absolute Gasteiger partial charge is 0.254 e. The summed E-state index contributed by atoms with van der Waals surface area (Å²) in [5.74, 6) is 0.441. The van der Waals surface area contributed by atoms with Crippen LogP contribution in [-0.2, 0) is 19.0 Å². The molecule has 100 valence electrons. The van der Waals surface area contributed by atoms with Gasteiger partial charge in [0.05, 0.1) is 26.4 Å². The van der Waals surface area contributed by atoms with Crippen molar-refractivity contribution in [2.24, 2.45) is 5.92 Å². The summed E-state index contributed by atoms with van der Waals surface area (Å²) in [7, 11) is 1.64. The van der Waals surface area contributed by atoms with Gasteiger partial charge in [-0.25, -0.2) is 0 Å². The fraction of sp³-hybridized carbons (Fsp3) is 0.917. The van der Waals surface area contributed by atoms with Gasteiger partial charge in [0, 0.05) is 20.2 Å². The van der Waals surface area contributed by atoms with E-state index in [4.69, 9.17) is 14.2 Å². The SMILES string of the molecule is COCCN(CC(C)C)C(=O)C1COCCO1. The van der Waals surface area contributed by atoms with Crippen molar-refractivity contribution in [1.82, 2.24) is 4.90 Å². The molecule has 0 bridgehead atoms. The van der Waals surface area contributed by atoms with Crippen LogP contribution in [0, 0.1) is 5.92 Å². The number of methoxy groups -OCH3 is 1. The van der Waals surface area contributed by atoms with E-state index in [2.05, 4.69) is 13.8 Å². The Kier molecular flexibility index (Phi) is 6.47. The molecule has 0 aromatic rings. The lowest BCUT2D eigenvalue weighted by atomic mass is 10.2. The zero-order chi connectivity index (χ0) is 12.7. The van der Waals surface area contributed by atoms with Crippen molar-refractivity contribution in [1.29, 1.82) is 0 Å². The average Bonchev–Trinajstić information content (AvgIpc) is 2.34. The van der Waals surface area contributed by atoms with Crippen molar-refractivity contribution >= 4 is 5.91 Å². The highest BCUT2D eigenvalue weighted by Gasteiger charge is 2.27.